The van der Waals surface area contributed by atoms with E-state index in [1.54, 1.807) is 48.7 Å². The maximum absolute atomic E-state index is 13.7. The summed E-state index contributed by atoms with van der Waals surface area (Å²) in [6.07, 6.45) is 3.08. The van der Waals surface area contributed by atoms with E-state index in [9.17, 15) is 15.0 Å². The number of carbonyl (C=O) groups excluding carboxylic acids is 1. The van der Waals surface area contributed by atoms with Gasteiger partial charge >= 0.3 is 5.97 Å². The number of anilines is 2. The quantitative estimate of drug-likeness (QED) is 0.148. The second kappa shape index (κ2) is 8.67. The molecule has 4 aromatic carbocycles. The molecule has 0 atom stereocenters. The van der Waals surface area contributed by atoms with Gasteiger partial charge < -0.3 is 26.4 Å². The van der Waals surface area contributed by atoms with Gasteiger partial charge in [-0.3, -0.25) is 4.98 Å². The number of esters is 1. The van der Waals surface area contributed by atoms with Crippen molar-refractivity contribution in [2.24, 2.45) is 0 Å². The van der Waals surface area contributed by atoms with Crippen LogP contribution in [0.1, 0.15) is 32.6 Å². The largest absolute Gasteiger partial charge is 0.506 e. The number of hydrogen-bond acceptors (Lipinski definition) is 7. The summed E-state index contributed by atoms with van der Waals surface area (Å²) in [5.41, 5.74) is 16.9. The van der Waals surface area contributed by atoms with Crippen LogP contribution in [0, 0.1) is 0 Å². The highest BCUT2D eigenvalue weighted by atomic mass is 16.5. The van der Waals surface area contributed by atoms with Crippen LogP contribution in [-0.2, 0) is 5.41 Å². The Morgan fingerprint density at radius 1 is 0.763 bits per heavy atom. The van der Waals surface area contributed by atoms with Crippen LogP contribution in [0.4, 0.5) is 11.4 Å². The average Bonchev–Trinajstić information content (AvgIpc) is 3.24. The molecule has 1 aromatic heterocycles. The van der Waals surface area contributed by atoms with Crippen LogP contribution >= 0.6 is 0 Å². The van der Waals surface area contributed by atoms with Gasteiger partial charge in [0.2, 0.25) is 0 Å². The number of phenols is 2. The number of aromatic nitrogens is 1. The van der Waals surface area contributed by atoms with E-state index >= 15 is 0 Å². The maximum Gasteiger partial charge on any atom is 0.343 e. The van der Waals surface area contributed by atoms with Crippen molar-refractivity contribution in [3.63, 3.8) is 0 Å². The van der Waals surface area contributed by atoms with Crippen LogP contribution in [-0.4, -0.2) is 21.2 Å². The molecule has 0 spiro atoms. The van der Waals surface area contributed by atoms with Gasteiger partial charge in [0.1, 0.15) is 17.2 Å². The van der Waals surface area contributed by atoms with E-state index < -0.39 is 11.4 Å². The van der Waals surface area contributed by atoms with Crippen LogP contribution in [0.3, 0.4) is 0 Å². The van der Waals surface area contributed by atoms with E-state index in [0.29, 0.717) is 28.0 Å². The van der Waals surface area contributed by atoms with E-state index in [4.69, 9.17) is 16.2 Å². The van der Waals surface area contributed by atoms with Gasteiger partial charge in [-0.25, -0.2) is 4.79 Å². The fourth-order valence-corrected chi connectivity index (χ4v) is 5.44. The molecule has 0 saturated heterocycles. The van der Waals surface area contributed by atoms with Crippen molar-refractivity contribution in [3.05, 3.63) is 131 Å². The van der Waals surface area contributed by atoms with E-state index in [-0.39, 0.29) is 22.9 Å². The zero-order valence-corrected chi connectivity index (χ0v) is 20.1. The Bertz CT molecular complexity index is 1670. The molecule has 0 saturated carbocycles. The summed E-state index contributed by atoms with van der Waals surface area (Å²) in [6, 6.07) is 26.8. The average molecular weight is 502 g/mol. The second-order valence-corrected chi connectivity index (χ2v) is 9.15. The summed E-state index contributed by atoms with van der Waals surface area (Å²) in [5.74, 6) is -0.334. The van der Waals surface area contributed by atoms with Crippen molar-refractivity contribution in [1.29, 1.82) is 0 Å². The topological polar surface area (TPSA) is 132 Å². The van der Waals surface area contributed by atoms with Gasteiger partial charge in [0, 0.05) is 6.20 Å². The summed E-state index contributed by atoms with van der Waals surface area (Å²) in [5, 5.41) is 20.5. The molecule has 1 aliphatic carbocycles. The number of rotatable bonds is 4. The fourth-order valence-electron chi connectivity index (χ4n) is 5.44. The molecule has 6 rings (SSSR count). The Morgan fingerprint density at radius 2 is 1.42 bits per heavy atom. The monoisotopic (exact) mass is 501 g/mol. The summed E-state index contributed by atoms with van der Waals surface area (Å²) >= 11 is 0. The van der Waals surface area contributed by atoms with E-state index in [1.807, 2.05) is 36.4 Å². The zero-order valence-electron chi connectivity index (χ0n) is 20.1. The normalized spacial score (nSPS) is 12.9. The Balaban J connectivity index is 1.72. The molecule has 1 heterocycles. The van der Waals surface area contributed by atoms with Crippen LogP contribution in [0.25, 0.3) is 11.1 Å². The van der Waals surface area contributed by atoms with E-state index in [1.165, 1.54) is 18.3 Å². The number of phenolic OH excluding ortho intramolecular Hbond substituents is 2. The molecule has 5 aromatic rings. The lowest BCUT2D eigenvalue weighted by molar-refractivity contribution is 0.0732. The first-order valence-electron chi connectivity index (χ1n) is 11.9. The lowest BCUT2D eigenvalue weighted by Crippen LogP contribution is -2.31. The number of hydrogen-bond donors (Lipinski definition) is 4. The van der Waals surface area contributed by atoms with Gasteiger partial charge in [-0.05, 0) is 75.8 Å². The first-order chi connectivity index (χ1) is 18.4. The number of aromatic hydroxyl groups is 2. The molecule has 0 unspecified atom stereocenters. The third-order valence-corrected chi connectivity index (χ3v) is 7.05. The molecule has 7 heteroatoms. The minimum atomic E-state index is -1.07. The van der Waals surface area contributed by atoms with Gasteiger partial charge in [-0.15, -0.1) is 0 Å². The fraction of sp³-hybridized carbons (Fsp3) is 0.0323. The molecule has 38 heavy (non-hydrogen) atoms. The standard InChI is InChI=1S/C31H23N3O4/c32-25-15-18(10-12-27(25)35)31(19-11-13-28(36)26(33)16-19)24-9-2-1-6-21(24)22-7-3-8-23(29(22)31)30(37)38-20-5-4-14-34-17-20/h1-17,35-36H,32-33H2. The molecule has 6 N–H and O–H groups in total. The minimum Gasteiger partial charge on any atom is -0.506 e. The van der Waals surface area contributed by atoms with Gasteiger partial charge in [0.25, 0.3) is 0 Å². The van der Waals surface area contributed by atoms with E-state index in [0.717, 1.165) is 16.7 Å². The molecule has 0 radical (unpaired) electrons. The van der Waals surface area contributed by atoms with Crippen molar-refractivity contribution < 1.29 is 19.7 Å². The SMILES string of the molecule is Nc1cc(C2(c3ccc(O)c(N)c3)c3ccccc3-c3cccc(C(=O)Oc4cccnc4)c32)ccc1O. The van der Waals surface area contributed by atoms with Gasteiger partial charge in [0.05, 0.1) is 28.6 Å². The zero-order chi connectivity index (χ0) is 26.4. The number of ether oxygens (including phenoxy) is 1. The predicted molar refractivity (Wildman–Crippen MR) is 145 cm³/mol. The van der Waals surface area contributed by atoms with E-state index in [2.05, 4.69) is 4.98 Å². The molecule has 0 fully saturated rings. The molecule has 1 aliphatic rings. The number of pyridine rings is 1. The summed E-state index contributed by atoms with van der Waals surface area (Å²) in [4.78, 5) is 17.8. The van der Waals surface area contributed by atoms with Crippen molar-refractivity contribution in [2.45, 2.75) is 5.41 Å². The van der Waals surface area contributed by atoms with Crippen molar-refractivity contribution in [3.8, 4) is 28.4 Å². The number of nitrogens with zero attached hydrogens (tertiary/aromatic N) is 1. The van der Waals surface area contributed by atoms with Crippen LogP contribution in [0.5, 0.6) is 17.2 Å². The summed E-state index contributed by atoms with van der Waals surface area (Å²) < 4.78 is 5.74. The smallest absolute Gasteiger partial charge is 0.343 e. The second-order valence-electron chi connectivity index (χ2n) is 9.15. The Hall–Kier alpha value is -5.30. The van der Waals surface area contributed by atoms with Gasteiger partial charge in [-0.1, -0.05) is 48.5 Å². The highest BCUT2D eigenvalue weighted by molar-refractivity contribution is 6.00. The number of fused-ring (bicyclic) bond motifs is 3. The first kappa shape index (κ1) is 23.1. The predicted octanol–water partition coefficient (Wildman–Crippen LogP) is 5.24. The Labute approximate surface area is 218 Å². The summed E-state index contributed by atoms with van der Waals surface area (Å²) in [6.45, 7) is 0. The number of nitrogen functional groups attached to an aromatic ring is 2. The molecule has 0 aliphatic heterocycles. The van der Waals surface area contributed by atoms with Crippen LogP contribution in [0.2, 0.25) is 0 Å². The number of benzene rings is 4. The van der Waals surface area contributed by atoms with Crippen LogP contribution < -0.4 is 16.2 Å². The van der Waals surface area contributed by atoms with Crippen molar-refractivity contribution >= 4 is 17.3 Å². The van der Waals surface area contributed by atoms with Crippen molar-refractivity contribution in [2.75, 3.05) is 11.5 Å². The maximum atomic E-state index is 13.7. The third kappa shape index (κ3) is 3.37. The minimum absolute atomic E-state index is 0.0510. The lowest BCUT2D eigenvalue weighted by Gasteiger charge is -2.35. The lowest BCUT2D eigenvalue weighted by atomic mass is 9.66. The molecule has 186 valence electrons. The highest BCUT2D eigenvalue weighted by Crippen LogP contribution is 2.58. The third-order valence-electron chi connectivity index (χ3n) is 7.05. The highest BCUT2D eigenvalue weighted by Gasteiger charge is 2.49. The van der Waals surface area contributed by atoms with Crippen molar-refractivity contribution in [1.82, 2.24) is 4.98 Å². The van der Waals surface area contributed by atoms with Gasteiger partial charge in [-0.2, -0.15) is 0 Å². The Kier molecular flexibility index (Phi) is 5.28. The first-order valence-corrected chi connectivity index (χ1v) is 11.9. The molecular formula is C31H23N3O4. The number of nitrogens with two attached hydrogens (primary N) is 2. The molecular weight excluding hydrogens is 478 g/mol. The Morgan fingerprint density at radius 3 is 2.05 bits per heavy atom. The number of carbonyl (C=O) groups is 1. The van der Waals surface area contributed by atoms with Gasteiger partial charge in [0.15, 0.2) is 0 Å². The molecule has 0 amide bonds. The van der Waals surface area contributed by atoms with Crippen LogP contribution in [0.15, 0.2) is 103 Å². The molecule has 0 bridgehead atoms. The summed E-state index contributed by atoms with van der Waals surface area (Å²) in [7, 11) is 0. The molecule has 7 nitrogen and oxygen atoms in total.